The fraction of sp³-hybridized carbons (Fsp3) is 0.420. The van der Waals surface area contributed by atoms with Gasteiger partial charge in [0.05, 0.1) is 48.6 Å². The molecule has 3 aliphatic rings. The smallest absolute Gasteiger partial charge is 0.378 e. The topological polar surface area (TPSA) is 231 Å². The second-order valence-corrected chi connectivity index (χ2v) is 21.6. The summed E-state index contributed by atoms with van der Waals surface area (Å²) in [7, 11) is 8.56. The first-order valence-corrected chi connectivity index (χ1v) is 25.3. The molecule has 7 rings (SSSR count). The number of carbonyl (C=O) groups excluding carboxylic acids is 7. The Morgan fingerprint density at radius 2 is 1.53 bits per heavy atom. The molecule has 1 aromatic heterocycles. The van der Waals surface area contributed by atoms with Gasteiger partial charge in [0.1, 0.15) is 36.0 Å². The number of thioether (sulfide) groups is 1. The number of rotatable bonds is 22. The number of oxime groups is 1. The first kappa shape index (κ1) is 54.9. The molecule has 4 heterocycles. The second kappa shape index (κ2) is 22.7. The number of ether oxygens (including phenoxy) is 5. The number of amides is 4. The predicted molar refractivity (Wildman–Crippen MR) is 272 cm³/mol. The largest absolute Gasteiger partial charge is 0.541 e. The third-order valence-electron chi connectivity index (χ3n) is 11.9. The maximum Gasteiger partial charge on any atom is 0.378 e. The lowest BCUT2D eigenvalue weighted by Gasteiger charge is -2.40. The number of halogens is 1. The van der Waals surface area contributed by atoms with Gasteiger partial charge in [-0.15, -0.1) is 11.3 Å². The molecular weight excluding hydrogens is 1020 g/mol. The Kier molecular flexibility index (Phi) is 16.9. The number of nitrogens with zero attached hydrogens (tertiary/aromatic N) is 5. The second-order valence-electron chi connectivity index (χ2n) is 18.8. The van der Waals surface area contributed by atoms with Crippen molar-refractivity contribution in [3.05, 3.63) is 98.5 Å². The molecule has 3 atom stereocenters. The van der Waals surface area contributed by atoms with E-state index in [0.29, 0.717) is 16.5 Å². The monoisotopic (exact) mass is 1070 g/mol. The van der Waals surface area contributed by atoms with E-state index in [9.17, 15) is 33.6 Å². The van der Waals surface area contributed by atoms with Crippen molar-refractivity contribution in [3.63, 3.8) is 0 Å². The number of methoxy groups -OCH3 is 2. The van der Waals surface area contributed by atoms with E-state index in [4.69, 9.17) is 52.8 Å². The number of ketones is 2. The quantitative estimate of drug-likeness (QED) is 0.0225. The molecule has 4 amide bonds. The van der Waals surface area contributed by atoms with Crippen molar-refractivity contribution in [3.8, 4) is 23.0 Å². The molecule has 24 heteroatoms. The van der Waals surface area contributed by atoms with Crippen LogP contribution < -0.4 is 24.4 Å². The van der Waals surface area contributed by atoms with Gasteiger partial charge in [0.2, 0.25) is 22.3 Å². The van der Waals surface area contributed by atoms with Gasteiger partial charge >= 0.3 is 26.0 Å². The Balaban J connectivity index is 0.992. The van der Waals surface area contributed by atoms with Crippen LogP contribution in [0, 0.1) is 12.8 Å². The minimum Gasteiger partial charge on any atom is -0.541 e. The Morgan fingerprint density at radius 3 is 2.11 bits per heavy atom. The van der Waals surface area contributed by atoms with Crippen LogP contribution >= 0.6 is 34.7 Å². The lowest BCUT2D eigenvalue weighted by molar-refractivity contribution is -0.179. The minimum absolute atomic E-state index is 0.0288. The zero-order valence-corrected chi connectivity index (χ0v) is 44.3. The van der Waals surface area contributed by atoms with E-state index >= 15 is 0 Å². The molecule has 0 unspecified atom stereocenters. The number of hydrogen-bond donors (Lipinski definition) is 1. The summed E-state index contributed by atoms with van der Waals surface area (Å²) >= 11 is 9.02. The van der Waals surface area contributed by atoms with Crippen LogP contribution in [0.3, 0.4) is 0 Å². The van der Waals surface area contributed by atoms with Crippen molar-refractivity contribution >= 4 is 89.8 Å². The molecule has 3 saturated heterocycles. The summed E-state index contributed by atoms with van der Waals surface area (Å²) in [5.41, 5.74) is 1.70. The zero-order valence-electron chi connectivity index (χ0n) is 41.9. The Hall–Kier alpha value is -6.85. The van der Waals surface area contributed by atoms with Crippen LogP contribution in [0.15, 0.2) is 71.2 Å². The number of Topliss-reactive ketones (excluding diaryl/α,β-unsaturated/α-hetero) is 2. The molecule has 3 fully saturated rings. The number of thiazole rings is 1. The van der Waals surface area contributed by atoms with Crippen molar-refractivity contribution in [2.24, 2.45) is 11.1 Å². The van der Waals surface area contributed by atoms with Crippen LogP contribution in [0.2, 0.25) is 5.02 Å². The maximum absolute atomic E-state index is 14.0. The van der Waals surface area contributed by atoms with Crippen LogP contribution in [-0.2, 0) is 51.4 Å². The van der Waals surface area contributed by atoms with Gasteiger partial charge in [0, 0.05) is 36.8 Å². The molecule has 20 nitrogen and oxygen atoms in total. The highest BCUT2D eigenvalue weighted by molar-refractivity contribution is 8.02. The van der Waals surface area contributed by atoms with Crippen molar-refractivity contribution in [2.75, 3.05) is 33.9 Å². The Morgan fingerprint density at radius 1 is 0.892 bits per heavy atom. The van der Waals surface area contributed by atoms with Gasteiger partial charge in [-0.25, -0.2) is 19.6 Å². The van der Waals surface area contributed by atoms with Gasteiger partial charge in [-0.05, 0) is 89.1 Å². The number of esters is 1. The number of aromatic nitrogens is 1. The van der Waals surface area contributed by atoms with Gasteiger partial charge in [-0.2, -0.15) is 0 Å². The zero-order chi connectivity index (χ0) is 53.7. The highest BCUT2D eigenvalue weighted by Gasteiger charge is 2.66. The fourth-order valence-corrected chi connectivity index (χ4v) is 10.6. The molecule has 0 aliphatic carbocycles. The van der Waals surface area contributed by atoms with E-state index in [2.05, 4.69) is 15.6 Å². The summed E-state index contributed by atoms with van der Waals surface area (Å²) in [4.78, 5) is 106. The number of aryl methyl sites for hydroxylation is 1. The first-order valence-electron chi connectivity index (χ1n) is 23.2. The number of hydrazine groups is 1. The Bertz CT molecular complexity index is 2840. The molecule has 0 saturated carbocycles. The summed E-state index contributed by atoms with van der Waals surface area (Å²) in [5.74, 6) is -3.34. The van der Waals surface area contributed by atoms with E-state index < -0.39 is 75.1 Å². The number of urea groups is 1. The van der Waals surface area contributed by atoms with Crippen LogP contribution in [0.5, 0.6) is 23.0 Å². The van der Waals surface area contributed by atoms with Crippen LogP contribution in [0.4, 0.5) is 4.79 Å². The molecule has 2 radical (unpaired) electrons. The standard InChI is InChI=1S/C50H54BClN6O14S2/c1-28-53-35(26-73-28)41(55-72-49(5,6)45(63)70-48(2,3)4)37(60)23-34-43(62)56-27-50(46(64)71-51,74-44(34)56)57-21-22-58(47(57)65)54-39(61)20-18-36(59)33-17-19-38(68-24-29-9-13-31(66-7)14-10-29)42(40(33)52)69-25-30-11-15-32(67-8)16-12-30/h9-17,19,26,34,44H,18,20-25,27H2,1-8H3,(H,54,61)/b55-41-/t34-,44-,50-/m1/s1. The van der Waals surface area contributed by atoms with Crippen molar-refractivity contribution < 1.29 is 66.7 Å². The number of carbonyl (C=O) groups is 7. The van der Waals surface area contributed by atoms with Crippen molar-refractivity contribution in [1.29, 1.82) is 0 Å². The Labute approximate surface area is 441 Å². The van der Waals surface area contributed by atoms with E-state index in [0.717, 1.165) is 32.8 Å². The number of nitrogens with one attached hydrogen (secondary N) is 1. The lowest BCUT2D eigenvalue weighted by Crippen LogP contribution is -2.60. The fourth-order valence-electron chi connectivity index (χ4n) is 7.94. The SMILES string of the molecule is [B]OC(=O)[C@@]1(N2CCN(NC(=O)CCC(=O)c3ccc(OCc4ccc(OC)cc4)c(OCc4ccc(OC)cc4)c3Cl)C2=O)CN2C(=O)[C@@H](CC(=O)/C(=N\OC(C)(C)C(=O)OC(C)(C)C)c3csc(C)n3)[C@H]2S1. The van der Waals surface area contributed by atoms with E-state index in [1.165, 1.54) is 36.2 Å². The van der Waals surface area contributed by atoms with Gasteiger partial charge < -0.3 is 38.1 Å². The summed E-state index contributed by atoms with van der Waals surface area (Å²) in [5, 5.41) is 6.44. The van der Waals surface area contributed by atoms with Gasteiger partial charge in [0.25, 0.3) is 0 Å². The average Bonchev–Trinajstić information content (AvgIpc) is 4.08. The lowest BCUT2D eigenvalue weighted by atomic mass is 9.90. The van der Waals surface area contributed by atoms with Crippen molar-refractivity contribution in [1.82, 2.24) is 25.2 Å². The highest BCUT2D eigenvalue weighted by atomic mass is 35.5. The highest BCUT2D eigenvalue weighted by Crippen LogP contribution is 2.53. The molecule has 390 valence electrons. The average molecular weight is 1070 g/mol. The van der Waals surface area contributed by atoms with E-state index in [1.54, 1.807) is 77.6 Å². The molecule has 4 aromatic rings. The first-order chi connectivity index (χ1) is 35.1. The van der Waals surface area contributed by atoms with Crippen LogP contribution in [0.25, 0.3) is 0 Å². The van der Waals surface area contributed by atoms with Crippen LogP contribution in [0.1, 0.15) is 86.1 Å². The minimum atomic E-state index is -1.86. The molecule has 74 heavy (non-hydrogen) atoms. The maximum atomic E-state index is 14.0. The molecule has 3 aromatic carbocycles. The third-order valence-corrected chi connectivity index (χ3v) is 14.8. The molecular formula is C50H54BClN6O14S2. The van der Waals surface area contributed by atoms with E-state index in [1.807, 2.05) is 24.3 Å². The number of fused-ring (bicyclic) bond motifs is 1. The summed E-state index contributed by atoms with van der Waals surface area (Å²) < 4.78 is 32.9. The number of benzene rings is 3. The normalized spacial score (nSPS) is 18.6. The molecule has 1 N–H and O–H groups in total. The van der Waals surface area contributed by atoms with E-state index in [-0.39, 0.29) is 79.2 Å². The number of hydrogen-bond acceptors (Lipinski definition) is 18. The summed E-state index contributed by atoms with van der Waals surface area (Å²) in [6.45, 7) is 9.36. The molecule has 3 aliphatic heterocycles. The van der Waals surface area contributed by atoms with Crippen LogP contribution in [-0.4, -0.2) is 130 Å². The summed E-state index contributed by atoms with van der Waals surface area (Å²) in [6, 6.07) is 16.7. The molecule has 0 bridgehead atoms. The predicted octanol–water partition coefficient (Wildman–Crippen LogP) is 6.37. The summed E-state index contributed by atoms with van der Waals surface area (Å²) in [6.07, 6.45) is -1.08. The van der Waals surface area contributed by atoms with Crippen molar-refractivity contribution in [2.45, 2.75) is 95.5 Å². The third kappa shape index (κ3) is 12.2. The van der Waals surface area contributed by atoms with Gasteiger partial charge in [-0.1, -0.05) is 52.8 Å². The number of β-lactam (4-membered cyclic amide) rings is 1. The molecule has 0 spiro atoms. The van der Waals surface area contributed by atoms with Gasteiger partial charge in [0.15, 0.2) is 28.8 Å². The van der Waals surface area contributed by atoms with Gasteiger partial charge in [-0.3, -0.25) is 34.3 Å².